The highest BCUT2D eigenvalue weighted by Crippen LogP contribution is 2.25. The highest BCUT2D eigenvalue weighted by Gasteiger charge is 2.19. The summed E-state index contributed by atoms with van der Waals surface area (Å²) in [6.45, 7) is 0.322. The Bertz CT molecular complexity index is 448. The van der Waals surface area contributed by atoms with Crippen molar-refractivity contribution in [3.8, 4) is 0 Å². The molecule has 0 radical (unpaired) electrons. The molecule has 1 aromatic heterocycles. The lowest BCUT2D eigenvalue weighted by Gasteiger charge is -2.09. The first-order valence-electron chi connectivity index (χ1n) is 5.06. The SMILES string of the molecule is O=C(O)Cn1cnc(C2CCCO2)cc1=O. The largest absolute Gasteiger partial charge is 0.480 e. The van der Waals surface area contributed by atoms with Gasteiger partial charge in [0.15, 0.2) is 0 Å². The van der Waals surface area contributed by atoms with Crippen LogP contribution in [0.4, 0.5) is 0 Å². The van der Waals surface area contributed by atoms with E-state index in [4.69, 9.17) is 9.84 Å². The average Bonchev–Trinajstić information content (AvgIpc) is 2.73. The molecular weight excluding hydrogens is 212 g/mol. The van der Waals surface area contributed by atoms with E-state index in [-0.39, 0.29) is 18.2 Å². The number of aromatic nitrogens is 2. The van der Waals surface area contributed by atoms with Gasteiger partial charge < -0.3 is 9.84 Å². The minimum absolute atomic E-state index is 0.118. The first kappa shape index (κ1) is 10.8. The Morgan fingerprint density at radius 1 is 1.69 bits per heavy atom. The van der Waals surface area contributed by atoms with Crippen molar-refractivity contribution in [2.24, 2.45) is 0 Å². The van der Waals surface area contributed by atoms with Crippen molar-refractivity contribution >= 4 is 5.97 Å². The first-order chi connectivity index (χ1) is 7.66. The number of rotatable bonds is 3. The highest BCUT2D eigenvalue weighted by molar-refractivity contribution is 5.66. The minimum Gasteiger partial charge on any atom is -0.480 e. The summed E-state index contributed by atoms with van der Waals surface area (Å²) in [5, 5.41) is 8.56. The second-order valence-electron chi connectivity index (χ2n) is 3.68. The smallest absolute Gasteiger partial charge is 0.323 e. The Morgan fingerprint density at radius 3 is 3.06 bits per heavy atom. The molecule has 1 saturated heterocycles. The summed E-state index contributed by atoms with van der Waals surface area (Å²) >= 11 is 0. The number of carboxylic acids is 1. The van der Waals surface area contributed by atoms with Crippen LogP contribution in [0.1, 0.15) is 24.6 Å². The van der Waals surface area contributed by atoms with E-state index in [1.54, 1.807) is 0 Å². The molecule has 1 aliphatic heterocycles. The summed E-state index contributed by atoms with van der Waals surface area (Å²) in [6, 6.07) is 1.35. The molecule has 86 valence electrons. The van der Waals surface area contributed by atoms with Gasteiger partial charge in [-0.3, -0.25) is 14.2 Å². The standard InChI is InChI=1S/C10H12N2O4/c13-9-4-7(8-2-1-3-16-8)11-6-12(9)5-10(14)15/h4,6,8H,1-3,5H2,(H,14,15). The van der Waals surface area contributed by atoms with Crippen molar-refractivity contribution in [3.05, 3.63) is 28.4 Å². The van der Waals surface area contributed by atoms with Crippen molar-refractivity contribution in [1.29, 1.82) is 0 Å². The van der Waals surface area contributed by atoms with Crippen LogP contribution in [-0.2, 0) is 16.1 Å². The van der Waals surface area contributed by atoms with Crippen molar-refractivity contribution in [1.82, 2.24) is 9.55 Å². The predicted molar refractivity (Wildman–Crippen MR) is 54.1 cm³/mol. The molecule has 2 heterocycles. The van der Waals surface area contributed by atoms with Gasteiger partial charge >= 0.3 is 5.97 Å². The number of carboxylic acid groups (broad SMARTS) is 1. The molecule has 6 nitrogen and oxygen atoms in total. The molecular formula is C10H12N2O4. The van der Waals surface area contributed by atoms with Gasteiger partial charge in [-0.1, -0.05) is 0 Å². The van der Waals surface area contributed by atoms with Crippen LogP contribution in [0.25, 0.3) is 0 Å². The van der Waals surface area contributed by atoms with Crippen molar-refractivity contribution in [2.75, 3.05) is 6.61 Å². The van der Waals surface area contributed by atoms with Crippen molar-refractivity contribution in [2.45, 2.75) is 25.5 Å². The molecule has 0 amide bonds. The summed E-state index contributed by atoms with van der Waals surface area (Å²) in [5.74, 6) is -1.06. The molecule has 2 rings (SSSR count). The molecule has 1 aliphatic rings. The molecule has 0 bridgehead atoms. The van der Waals surface area contributed by atoms with Gasteiger partial charge in [-0.25, -0.2) is 4.98 Å². The maximum absolute atomic E-state index is 11.5. The Kier molecular flexibility index (Phi) is 3.00. The Hall–Kier alpha value is -1.69. The van der Waals surface area contributed by atoms with Gasteiger partial charge in [0.1, 0.15) is 6.54 Å². The van der Waals surface area contributed by atoms with Gasteiger partial charge in [0.2, 0.25) is 0 Å². The monoisotopic (exact) mass is 224 g/mol. The lowest BCUT2D eigenvalue weighted by molar-refractivity contribution is -0.137. The third-order valence-corrected chi connectivity index (χ3v) is 2.47. The molecule has 0 aromatic carbocycles. The normalized spacial score (nSPS) is 19.9. The van der Waals surface area contributed by atoms with E-state index < -0.39 is 5.97 Å². The number of aliphatic carboxylic acids is 1. The zero-order valence-corrected chi connectivity index (χ0v) is 8.63. The van der Waals surface area contributed by atoms with E-state index in [2.05, 4.69) is 4.98 Å². The zero-order valence-electron chi connectivity index (χ0n) is 8.63. The number of hydrogen-bond acceptors (Lipinski definition) is 4. The zero-order chi connectivity index (χ0) is 11.5. The Morgan fingerprint density at radius 2 is 2.50 bits per heavy atom. The summed E-state index contributed by atoms with van der Waals surface area (Å²) in [4.78, 5) is 26.0. The fraction of sp³-hybridized carbons (Fsp3) is 0.500. The molecule has 0 aliphatic carbocycles. The van der Waals surface area contributed by atoms with Crippen LogP contribution in [0.15, 0.2) is 17.2 Å². The molecule has 16 heavy (non-hydrogen) atoms. The number of ether oxygens (including phenoxy) is 1. The molecule has 0 spiro atoms. The van der Waals surface area contributed by atoms with Gasteiger partial charge in [0, 0.05) is 12.7 Å². The summed E-state index contributed by atoms with van der Waals surface area (Å²) < 4.78 is 6.44. The van der Waals surface area contributed by atoms with Crippen LogP contribution in [-0.4, -0.2) is 27.2 Å². The van der Waals surface area contributed by atoms with E-state index in [0.717, 1.165) is 17.4 Å². The van der Waals surface area contributed by atoms with Crippen LogP contribution in [0, 0.1) is 0 Å². The second-order valence-corrected chi connectivity index (χ2v) is 3.68. The van der Waals surface area contributed by atoms with E-state index in [1.165, 1.54) is 12.4 Å². The quantitative estimate of drug-likeness (QED) is 0.792. The lowest BCUT2D eigenvalue weighted by Crippen LogP contribution is -2.24. The fourth-order valence-electron chi connectivity index (χ4n) is 1.69. The van der Waals surface area contributed by atoms with Gasteiger partial charge in [-0.05, 0) is 12.8 Å². The van der Waals surface area contributed by atoms with Gasteiger partial charge in [0.25, 0.3) is 5.56 Å². The van der Waals surface area contributed by atoms with E-state index in [0.29, 0.717) is 12.3 Å². The van der Waals surface area contributed by atoms with Crippen molar-refractivity contribution < 1.29 is 14.6 Å². The highest BCUT2D eigenvalue weighted by atomic mass is 16.5. The predicted octanol–water partition coefficient (Wildman–Crippen LogP) is 0.179. The summed E-state index contributed by atoms with van der Waals surface area (Å²) in [7, 11) is 0. The molecule has 1 atom stereocenters. The van der Waals surface area contributed by atoms with Gasteiger partial charge in [-0.2, -0.15) is 0 Å². The third kappa shape index (κ3) is 2.27. The van der Waals surface area contributed by atoms with E-state index in [9.17, 15) is 9.59 Å². The Labute approximate surface area is 91.5 Å². The van der Waals surface area contributed by atoms with E-state index >= 15 is 0 Å². The third-order valence-electron chi connectivity index (χ3n) is 2.47. The van der Waals surface area contributed by atoms with E-state index in [1.807, 2.05) is 0 Å². The van der Waals surface area contributed by atoms with Crippen molar-refractivity contribution in [3.63, 3.8) is 0 Å². The van der Waals surface area contributed by atoms with Crippen LogP contribution < -0.4 is 5.56 Å². The molecule has 0 saturated carbocycles. The first-order valence-corrected chi connectivity index (χ1v) is 5.06. The summed E-state index contributed by atoms with van der Waals surface area (Å²) in [5.41, 5.74) is 0.229. The second kappa shape index (κ2) is 4.44. The number of carbonyl (C=O) groups is 1. The average molecular weight is 224 g/mol. The number of hydrogen-bond donors (Lipinski definition) is 1. The van der Waals surface area contributed by atoms with Gasteiger partial charge in [0.05, 0.1) is 18.1 Å². The topological polar surface area (TPSA) is 81.4 Å². The Balaban J connectivity index is 2.21. The maximum atomic E-state index is 11.5. The van der Waals surface area contributed by atoms with Crippen LogP contribution in [0.5, 0.6) is 0 Å². The molecule has 1 N–H and O–H groups in total. The van der Waals surface area contributed by atoms with Crippen LogP contribution in [0.2, 0.25) is 0 Å². The maximum Gasteiger partial charge on any atom is 0.323 e. The fourth-order valence-corrected chi connectivity index (χ4v) is 1.69. The molecule has 1 fully saturated rings. The van der Waals surface area contributed by atoms with Crippen LogP contribution in [0.3, 0.4) is 0 Å². The molecule has 1 aromatic rings. The molecule has 6 heteroatoms. The number of nitrogens with zero attached hydrogens (tertiary/aromatic N) is 2. The lowest BCUT2D eigenvalue weighted by atomic mass is 10.2. The summed E-state index contributed by atoms with van der Waals surface area (Å²) in [6.07, 6.45) is 2.96. The van der Waals surface area contributed by atoms with Gasteiger partial charge in [-0.15, -0.1) is 0 Å². The van der Waals surface area contributed by atoms with Crippen LogP contribution >= 0.6 is 0 Å². The molecule has 1 unspecified atom stereocenters. The minimum atomic E-state index is -1.06.